The van der Waals surface area contributed by atoms with Crippen molar-refractivity contribution in [3.8, 4) is 0 Å². The summed E-state index contributed by atoms with van der Waals surface area (Å²) >= 11 is 0. The van der Waals surface area contributed by atoms with E-state index in [1.165, 1.54) is 0 Å². The van der Waals surface area contributed by atoms with Gasteiger partial charge in [0.1, 0.15) is 0 Å². The first-order chi connectivity index (χ1) is 5.60. The van der Waals surface area contributed by atoms with E-state index in [1.54, 1.807) is 13.8 Å². The van der Waals surface area contributed by atoms with Crippen LogP contribution in [0.3, 0.4) is 0 Å². The van der Waals surface area contributed by atoms with Crippen LogP contribution in [0.25, 0.3) is 0 Å². The molecule has 0 spiro atoms. The normalized spacial score (nSPS) is 11.6. The highest BCUT2D eigenvalue weighted by Gasteiger charge is 2.25. The van der Waals surface area contributed by atoms with Crippen LogP contribution in [-0.2, 0) is 13.6 Å². The van der Waals surface area contributed by atoms with E-state index >= 15 is 0 Å². The monoisotopic (exact) mass is 192 g/mol. The molecule has 0 heterocycles. The van der Waals surface area contributed by atoms with Gasteiger partial charge in [-0.05, 0) is 20.3 Å². The van der Waals surface area contributed by atoms with E-state index in [9.17, 15) is 4.57 Å². The summed E-state index contributed by atoms with van der Waals surface area (Å²) in [6.45, 7) is 9.89. The maximum atomic E-state index is 11.8. The van der Waals surface area contributed by atoms with Gasteiger partial charge in [-0.3, -0.25) is 4.57 Å². The van der Waals surface area contributed by atoms with E-state index in [0.29, 0.717) is 24.9 Å². The second-order valence-electron chi connectivity index (χ2n) is 2.25. The van der Waals surface area contributed by atoms with Crippen molar-refractivity contribution in [2.24, 2.45) is 0 Å². The molecule has 0 aliphatic heterocycles. The summed E-state index contributed by atoms with van der Waals surface area (Å²) in [7, 11) is -3.00. The quantitative estimate of drug-likeness (QED) is 0.606. The molecule has 0 aliphatic rings. The molecule has 0 fully saturated rings. The van der Waals surface area contributed by atoms with Gasteiger partial charge in [0.2, 0.25) is 0 Å². The van der Waals surface area contributed by atoms with Crippen LogP contribution in [0, 0.1) is 0 Å². The summed E-state index contributed by atoms with van der Waals surface area (Å²) in [6, 6.07) is 0. The van der Waals surface area contributed by atoms with Gasteiger partial charge in [-0.1, -0.05) is 13.5 Å². The van der Waals surface area contributed by atoms with Crippen LogP contribution in [0.2, 0.25) is 0 Å². The highest BCUT2D eigenvalue weighted by atomic mass is 31.2. The Hall–Kier alpha value is -0.110. The van der Waals surface area contributed by atoms with Crippen LogP contribution < -0.4 is 0 Å². The fourth-order valence-corrected chi connectivity index (χ4v) is 2.26. The number of hydrogen-bond donors (Lipinski definition) is 0. The average molecular weight is 192 g/mol. The lowest BCUT2D eigenvalue weighted by Gasteiger charge is -2.17. The zero-order valence-corrected chi connectivity index (χ0v) is 8.89. The Balaban J connectivity index is 4.38. The molecule has 0 N–H and O–H groups in total. The Morgan fingerprint density at radius 2 is 1.67 bits per heavy atom. The minimum absolute atomic E-state index is 0.385. The van der Waals surface area contributed by atoms with Gasteiger partial charge < -0.3 is 9.05 Å². The molecule has 12 heavy (non-hydrogen) atoms. The first-order valence-electron chi connectivity index (χ1n) is 4.18. The van der Waals surface area contributed by atoms with Crippen molar-refractivity contribution in [2.45, 2.75) is 27.2 Å². The third kappa shape index (κ3) is 3.10. The van der Waals surface area contributed by atoms with Crippen LogP contribution >= 0.6 is 7.60 Å². The molecule has 0 radical (unpaired) electrons. The van der Waals surface area contributed by atoms with Crippen LogP contribution in [0.4, 0.5) is 0 Å². The van der Waals surface area contributed by atoms with Gasteiger partial charge in [0.05, 0.1) is 13.2 Å². The molecule has 0 bridgehead atoms. The highest BCUT2D eigenvalue weighted by molar-refractivity contribution is 7.58. The third-order valence-corrected chi connectivity index (χ3v) is 3.68. The fraction of sp³-hybridized carbons (Fsp3) is 0.750. The molecule has 3 nitrogen and oxygen atoms in total. The van der Waals surface area contributed by atoms with Crippen molar-refractivity contribution < 1.29 is 13.6 Å². The molecule has 0 aromatic rings. The molecular weight excluding hydrogens is 175 g/mol. The molecule has 0 rings (SSSR count). The summed E-state index contributed by atoms with van der Waals surface area (Å²) in [5, 5.41) is 0.547. The SMILES string of the molecule is C=C(CC)P(=O)(OCC)OCC. The maximum Gasteiger partial charge on any atom is 0.356 e. The molecule has 0 aliphatic carbocycles. The van der Waals surface area contributed by atoms with E-state index in [1.807, 2.05) is 6.92 Å². The van der Waals surface area contributed by atoms with Gasteiger partial charge >= 0.3 is 7.60 Å². The Kier molecular flexibility index (Phi) is 5.47. The van der Waals surface area contributed by atoms with Gasteiger partial charge in [0.25, 0.3) is 0 Å². The van der Waals surface area contributed by atoms with Crippen molar-refractivity contribution in [1.29, 1.82) is 0 Å². The summed E-state index contributed by atoms with van der Waals surface area (Å²) in [6.07, 6.45) is 0.622. The van der Waals surface area contributed by atoms with E-state index < -0.39 is 7.60 Å². The summed E-state index contributed by atoms with van der Waals surface area (Å²) in [5.74, 6) is 0. The second kappa shape index (κ2) is 5.52. The lowest BCUT2D eigenvalue weighted by atomic mass is 10.5. The van der Waals surface area contributed by atoms with Crippen molar-refractivity contribution in [2.75, 3.05) is 13.2 Å². The molecular formula is C8H17O3P. The number of rotatable bonds is 6. The number of hydrogen-bond acceptors (Lipinski definition) is 3. The van der Waals surface area contributed by atoms with E-state index in [-0.39, 0.29) is 0 Å². The summed E-state index contributed by atoms with van der Waals surface area (Å²) < 4.78 is 21.9. The van der Waals surface area contributed by atoms with Crippen molar-refractivity contribution in [1.82, 2.24) is 0 Å². The maximum absolute atomic E-state index is 11.8. The van der Waals surface area contributed by atoms with Gasteiger partial charge in [0.15, 0.2) is 0 Å². The topological polar surface area (TPSA) is 35.5 Å². The van der Waals surface area contributed by atoms with Gasteiger partial charge in [-0.15, -0.1) is 0 Å². The number of allylic oxidation sites excluding steroid dienone is 1. The van der Waals surface area contributed by atoms with Crippen molar-refractivity contribution in [3.63, 3.8) is 0 Å². The molecule has 72 valence electrons. The molecule has 0 aromatic heterocycles. The van der Waals surface area contributed by atoms with Crippen LogP contribution in [0.1, 0.15) is 27.2 Å². The average Bonchev–Trinajstić information content (AvgIpc) is 2.04. The molecule has 0 unspecified atom stereocenters. The Bertz CT molecular complexity index is 179. The molecule has 0 saturated heterocycles. The van der Waals surface area contributed by atoms with Crippen molar-refractivity contribution >= 4 is 7.60 Å². The zero-order valence-electron chi connectivity index (χ0n) is 8.00. The largest absolute Gasteiger partial charge is 0.356 e. The minimum Gasteiger partial charge on any atom is -0.306 e. The molecule has 0 aromatic carbocycles. The fourth-order valence-electron chi connectivity index (χ4n) is 0.753. The Morgan fingerprint density at radius 3 is 1.92 bits per heavy atom. The first kappa shape index (κ1) is 11.9. The van der Waals surface area contributed by atoms with E-state index in [0.717, 1.165) is 0 Å². The van der Waals surface area contributed by atoms with E-state index in [4.69, 9.17) is 9.05 Å². The van der Waals surface area contributed by atoms with Gasteiger partial charge in [-0.25, -0.2) is 0 Å². The van der Waals surface area contributed by atoms with Gasteiger partial charge in [-0.2, -0.15) is 0 Å². The van der Waals surface area contributed by atoms with Gasteiger partial charge in [0, 0.05) is 5.31 Å². The highest BCUT2D eigenvalue weighted by Crippen LogP contribution is 2.56. The Morgan fingerprint density at radius 1 is 1.25 bits per heavy atom. The molecule has 0 atom stereocenters. The minimum atomic E-state index is -3.00. The summed E-state index contributed by atoms with van der Waals surface area (Å²) in [4.78, 5) is 0. The Labute approximate surface area is 74.3 Å². The van der Waals surface area contributed by atoms with Crippen LogP contribution in [0.15, 0.2) is 11.9 Å². The lowest BCUT2D eigenvalue weighted by molar-refractivity contribution is 0.226. The van der Waals surface area contributed by atoms with Crippen molar-refractivity contribution in [3.05, 3.63) is 11.9 Å². The lowest BCUT2D eigenvalue weighted by Crippen LogP contribution is -1.97. The molecule has 0 saturated carbocycles. The molecule has 4 heteroatoms. The van der Waals surface area contributed by atoms with Crippen LogP contribution in [-0.4, -0.2) is 13.2 Å². The van der Waals surface area contributed by atoms with E-state index in [2.05, 4.69) is 6.58 Å². The smallest absolute Gasteiger partial charge is 0.306 e. The van der Waals surface area contributed by atoms with Crippen LogP contribution in [0.5, 0.6) is 0 Å². The standard InChI is InChI=1S/C8H17O3P/c1-5-8(4)12(9,10-6-2)11-7-3/h4-7H2,1-3H3. The summed E-state index contributed by atoms with van der Waals surface area (Å²) in [5.41, 5.74) is 0. The first-order valence-corrected chi connectivity index (χ1v) is 5.72. The predicted octanol–water partition coefficient (Wildman–Crippen LogP) is 3.18. The third-order valence-electron chi connectivity index (χ3n) is 1.39. The predicted molar refractivity (Wildman–Crippen MR) is 50.3 cm³/mol. The second-order valence-corrected chi connectivity index (χ2v) is 4.40. The molecule has 0 amide bonds. The zero-order chi connectivity index (χ0) is 9.61.